The zero-order valence-corrected chi connectivity index (χ0v) is 13.4. The van der Waals surface area contributed by atoms with Crippen molar-refractivity contribution in [3.8, 4) is 5.75 Å². The van der Waals surface area contributed by atoms with Crippen molar-refractivity contribution in [3.63, 3.8) is 0 Å². The summed E-state index contributed by atoms with van der Waals surface area (Å²) in [5.74, 6) is -1.63. The second-order valence-corrected chi connectivity index (χ2v) is 6.06. The molecule has 0 fully saturated rings. The number of rotatable bonds is 7. The molecule has 2 rings (SSSR count). The fraction of sp³-hybridized carbons (Fsp3) is 0.231. The lowest BCUT2D eigenvalue weighted by Crippen LogP contribution is -2.06. The van der Waals surface area contributed by atoms with Crippen molar-refractivity contribution < 1.29 is 38.3 Å². The van der Waals surface area contributed by atoms with Gasteiger partial charge in [-0.05, 0) is 6.92 Å². The molecular weight excluding hydrogens is 343 g/mol. The Bertz CT molecular complexity index is 797. The largest absolute Gasteiger partial charge is 0.506 e. The topological polar surface area (TPSA) is 162 Å². The molecule has 0 atom stereocenters. The SMILES string of the molecule is Cc1ncc(COP(=O)(O)O)c(CNc2coc(C(=O)O)c2)c1O. The summed E-state index contributed by atoms with van der Waals surface area (Å²) in [6, 6.07) is 1.26. The molecule has 0 saturated carbocycles. The zero-order valence-electron chi connectivity index (χ0n) is 12.5. The fourth-order valence-electron chi connectivity index (χ4n) is 1.89. The first-order valence-electron chi connectivity index (χ1n) is 6.59. The molecule has 11 heteroatoms. The molecule has 0 saturated heterocycles. The number of hydrogen-bond acceptors (Lipinski definition) is 7. The van der Waals surface area contributed by atoms with Gasteiger partial charge in [0.15, 0.2) is 0 Å². The first-order chi connectivity index (χ1) is 11.2. The number of carboxylic acids is 1. The van der Waals surface area contributed by atoms with Gasteiger partial charge >= 0.3 is 13.8 Å². The molecule has 0 aliphatic heterocycles. The fourth-order valence-corrected chi connectivity index (χ4v) is 2.20. The zero-order chi connectivity index (χ0) is 17.9. The number of aromatic hydroxyl groups is 1. The maximum Gasteiger partial charge on any atom is 0.469 e. The highest BCUT2D eigenvalue weighted by molar-refractivity contribution is 7.46. The van der Waals surface area contributed by atoms with Gasteiger partial charge in [0.05, 0.1) is 18.0 Å². The Kier molecular flexibility index (Phi) is 5.25. The maximum absolute atomic E-state index is 10.8. The molecule has 2 aromatic rings. The number of aromatic carboxylic acids is 1. The van der Waals surface area contributed by atoms with Crippen molar-refractivity contribution in [3.05, 3.63) is 41.1 Å². The van der Waals surface area contributed by atoms with Crippen LogP contribution in [0.25, 0.3) is 0 Å². The molecular formula is C13H15N2O8P. The summed E-state index contributed by atoms with van der Waals surface area (Å²) in [4.78, 5) is 32.2. The van der Waals surface area contributed by atoms with Gasteiger partial charge in [-0.2, -0.15) is 0 Å². The standard InChI is InChI=1S/C13H15N2O8P/c1-7-12(16)10(8(3-14-7)5-23-24(19,20)21)4-15-9-2-11(13(17)18)22-6-9/h2-3,6,15-16H,4-5H2,1H3,(H,17,18)(H2,19,20,21). The van der Waals surface area contributed by atoms with Gasteiger partial charge in [0.2, 0.25) is 5.76 Å². The minimum Gasteiger partial charge on any atom is -0.506 e. The monoisotopic (exact) mass is 358 g/mol. The van der Waals surface area contributed by atoms with Crippen LogP contribution in [0.5, 0.6) is 5.75 Å². The van der Waals surface area contributed by atoms with E-state index in [0.29, 0.717) is 16.9 Å². The first-order valence-corrected chi connectivity index (χ1v) is 8.12. The van der Waals surface area contributed by atoms with Crippen LogP contribution in [0.1, 0.15) is 27.4 Å². The highest BCUT2D eigenvalue weighted by Gasteiger charge is 2.18. The van der Waals surface area contributed by atoms with E-state index in [4.69, 9.17) is 19.3 Å². The molecule has 0 spiro atoms. The smallest absolute Gasteiger partial charge is 0.469 e. The van der Waals surface area contributed by atoms with Crippen LogP contribution in [0.4, 0.5) is 5.69 Å². The van der Waals surface area contributed by atoms with Crippen LogP contribution < -0.4 is 5.32 Å². The molecule has 0 bridgehead atoms. The summed E-state index contributed by atoms with van der Waals surface area (Å²) in [5, 5.41) is 21.8. The molecule has 130 valence electrons. The number of furan rings is 1. The number of carboxylic acid groups (broad SMARTS) is 1. The van der Waals surface area contributed by atoms with Crippen LogP contribution in [0.2, 0.25) is 0 Å². The van der Waals surface area contributed by atoms with Gasteiger partial charge in [-0.3, -0.25) is 9.51 Å². The summed E-state index contributed by atoms with van der Waals surface area (Å²) in [6.45, 7) is 1.15. The molecule has 5 N–H and O–H groups in total. The summed E-state index contributed by atoms with van der Waals surface area (Å²) >= 11 is 0. The van der Waals surface area contributed by atoms with E-state index in [2.05, 4.69) is 14.8 Å². The number of anilines is 1. The number of phosphoric ester groups is 1. The number of aromatic nitrogens is 1. The molecule has 0 radical (unpaired) electrons. The molecule has 0 amide bonds. The second-order valence-electron chi connectivity index (χ2n) is 4.82. The maximum atomic E-state index is 10.8. The van der Waals surface area contributed by atoms with Crippen molar-refractivity contribution in [2.45, 2.75) is 20.1 Å². The highest BCUT2D eigenvalue weighted by atomic mass is 31.2. The van der Waals surface area contributed by atoms with Gasteiger partial charge in [-0.15, -0.1) is 0 Å². The van der Waals surface area contributed by atoms with Gasteiger partial charge in [0.1, 0.15) is 12.0 Å². The third-order valence-electron chi connectivity index (χ3n) is 3.10. The number of aryl methyl sites for hydroxylation is 1. The summed E-state index contributed by atoms with van der Waals surface area (Å²) in [5.41, 5.74) is 1.28. The van der Waals surface area contributed by atoms with E-state index in [0.717, 1.165) is 0 Å². The van der Waals surface area contributed by atoms with Gasteiger partial charge in [-0.25, -0.2) is 9.36 Å². The van der Waals surface area contributed by atoms with Crippen LogP contribution in [0.15, 0.2) is 22.9 Å². The van der Waals surface area contributed by atoms with Crippen molar-refractivity contribution in [2.75, 3.05) is 5.32 Å². The average Bonchev–Trinajstić information content (AvgIpc) is 2.95. The quantitative estimate of drug-likeness (QED) is 0.459. The molecule has 24 heavy (non-hydrogen) atoms. The van der Waals surface area contributed by atoms with Crippen LogP contribution in [0.3, 0.4) is 0 Å². The number of hydrogen-bond donors (Lipinski definition) is 5. The average molecular weight is 358 g/mol. The minimum absolute atomic E-state index is 0.0354. The minimum atomic E-state index is -4.67. The van der Waals surface area contributed by atoms with Crippen LogP contribution in [-0.2, 0) is 22.2 Å². The van der Waals surface area contributed by atoms with E-state index in [1.54, 1.807) is 6.92 Å². The molecule has 2 heterocycles. The third kappa shape index (κ3) is 4.56. The molecule has 10 nitrogen and oxygen atoms in total. The van der Waals surface area contributed by atoms with E-state index in [9.17, 15) is 14.5 Å². The number of pyridine rings is 1. The predicted octanol–water partition coefficient (Wildman–Crippen LogP) is 1.61. The predicted molar refractivity (Wildman–Crippen MR) is 80.5 cm³/mol. The van der Waals surface area contributed by atoms with E-state index >= 15 is 0 Å². The number of phosphoric acid groups is 1. The lowest BCUT2D eigenvalue weighted by Gasteiger charge is -2.14. The summed E-state index contributed by atoms with van der Waals surface area (Å²) in [6.07, 6.45) is 2.53. The summed E-state index contributed by atoms with van der Waals surface area (Å²) in [7, 11) is -4.67. The van der Waals surface area contributed by atoms with Crippen molar-refractivity contribution in [1.29, 1.82) is 0 Å². The molecule has 2 aromatic heterocycles. The normalized spacial score (nSPS) is 11.5. The van der Waals surface area contributed by atoms with Crippen molar-refractivity contribution >= 4 is 19.5 Å². The Labute approximate surface area is 136 Å². The van der Waals surface area contributed by atoms with Crippen molar-refractivity contribution in [2.24, 2.45) is 0 Å². The van der Waals surface area contributed by atoms with E-state index in [1.807, 2.05) is 0 Å². The third-order valence-corrected chi connectivity index (χ3v) is 3.56. The Hall–Kier alpha value is -2.39. The van der Waals surface area contributed by atoms with Crippen LogP contribution in [-0.4, -0.2) is 31.0 Å². The Morgan fingerprint density at radius 3 is 2.75 bits per heavy atom. The second kappa shape index (κ2) is 7.02. The van der Waals surface area contributed by atoms with Crippen molar-refractivity contribution in [1.82, 2.24) is 4.98 Å². The summed E-state index contributed by atoms with van der Waals surface area (Å²) < 4.78 is 20.1. The van der Waals surface area contributed by atoms with Gasteiger partial charge in [0.25, 0.3) is 0 Å². The van der Waals surface area contributed by atoms with E-state index in [1.165, 1.54) is 18.5 Å². The van der Waals surface area contributed by atoms with Gasteiger partial charge in [-0.1, -0.05) is 0 Å². The number of nitrogens with one attached hydrogen (secondary N) is 1. The van der Waals surface area contributed by atoms with Crippen LogP contribution in [0, 0.1) is 6.92 Å². The van der Waals surface area contributed by atoms with Gasteiger partial charge < -0.3 is 29.7 Å². The Morgan fingerprint density at radius 1 is 1.46 bits per heavy atom. The first kappa shape index (κ1) is 18.0. The molecule has 0 aromatic carbocycles. The highest BCUT2D eigenvalue weighted by Crippen LogP contribution is 2.38. The lowest BCUT2D eigenvalue weighted by atomic mass is 10.1. The van der Waals surface area contributed by atoms with Crippen LogP contribution >= 0.6 is 7.82 Å². The molecule has 0 aliphatic carbocycles. The Balaban J connectivity index is 2.18. The number of nitrogens with zero attached hydrogens (tertiary/aromatic N) is 1. The lowest BCUT2D eigenvalue weighted by molar-refractivity contribution is 0.0662. The van der Waals surface area contributed by atoms with E-state index in [-0.39, 0.29) is 23.6 Å². The molecule has 0 unspecified atom stereocenters. The van der Waals surface area contributed by atoms with E-state index < -0.39 is 20.4 Å². The van der Waals surface area contributed by atoms with Gasteiger partial charge in [0, 0.05) is 29.9 Å². The number of carbonyl (C=O) groups is 1. The molecule has 0 aliphatic rings. The Morgan fingerprint density at radius 2 is 2.17 bits per heavy atom.